The van der Waals surface area contributed by atoms with Crippen molar-refractivity contribution in [3.05, 3.63) is 57.2 Å². The van der Waals surface area contributed by atoms with E-state index >= 15 is 0 Å². The van der Waals surface area contributed by atoms with Crippen molar-refractivity contribution in [2.24, 2.45) is 0 Å². The molecule has 0 bridgehead atoms. The number of sulfone groups is 1. The fourth-order valence-electron chi connectivity index (χ4n) is 2.06. The molecule has 0 atom stereocenters. The Hall–Kier alpha value is -2.10. The number of hydrogen-bond acceptors (Lipinski definition) is 7. The van der Waals surface area contributed by atoms with Gasteiger partial charge in [0.05, 0.1) is 15.5 Å². The third kappa shape index (κ3) is 4.50. The lowest BCUT2D eigenvalue weighted by molar-refractivity contribution is 0.103. The zero-order valence-electron chi connectivity index (χ0n) is 13.3. The Morgan fingerprint density at radius 3 is 2.60 bits per heavy atom. The molecule has 0 aliphatic carbocycles. The molecule has 0 spiro atoms. The molecule has 0 unspecified atom stereocenters. The second-order valence-corrected chi connectivity index (χ2v) is 9.43. The smallest absolute Gasteiger partial charge is 0.267 e. The second kappa shape index (κ2) is 7.42. The van der Waals surface area contributed by atoms with Crippen molar-refractivity contribution in [1.82, 2.24) is 10.2 Å². The van der Waals surface area contributed by atoms with Crippen LogP contribution in [0.1, 0.15) is 20.2 Å². The summed E-state index contributed by atoms with van der Waals surface area (Å²) in [7, 11) is -3.37. The lowest BCUT2D eigenvalue weighted by Crippen LogP contribution is -2.09. The number of benzene rings is 1. The number of hydrogen-bond donors (Lipinski definition) is 1. The number of nitrogens with zero attached hydrogens (tertiary/aromatic N) is 2. The Balaban J connectivity index is 1.61. The fourth-order valence-corrected chi connectivity index (χ4v) is 4.79. The van der Waals surface area contributed by atoms with Gasteiger partial charge in [0.25, 0.3) is 5.91 Å². The number of anilines is 1. The molecule has 2 aromatic heterocycles. The summed E-state index contributed by atoms with van der Waals surface area (Å²) in [4.78, 5) is 12.8. The molecule has 130 valence electrons. The van der Waals surface area contributed by atoms with E-state index in [1.165, 1.54) is 22.7 Å². The largest absolute Gasteiger partial charge is 0.296 e. The highest BCUT2D eigenvalue weighted by Gasteiger charge is 2.17. The van der Waals surface area contributed by atoms with Crippen LogP contribution in [0.4, 0.5) is 5.13 Å². The van der Waals surface area contributed by atoms with E-state index in [9.17, 15) is 13.2 Å². The minimum Gasteiger partial charge on any atom is -0.296 e. The topological polar surface area (TPSA) is 89.0 Å². The number of carbonyl (C=O) groups excluding carboxylic acids is 1. The van der Waals surface area contributed by atoms with E-state index in [0.717, 1.165) is 5.56 Å². The normalized spacial score (nSPS) is 11.4. The molecule has 3 rings (SSSR count). The monoisotopic (exact) mass is 393 g/mol. The minimum atomic E-state index is -3.37. The van der Waals surface area contributed by atoms with Gasteiger partial charge < -0.3 is 0 Å². The molecule has 3 aromatic rings. The van der Waals surface area contributed by atoms with Crippen molar-refractivity contribution in [3.63, 3.8) is 0 Å². The number of aromatic nitrogens is 2. The lowest BCUT2D eigenvalue weighted by atomic mass is 10.2. The predicted octanol–water partition coefficient (Wildman–Crippen LogP) is 3.18. The molecule has 0 aliphatic heterocycles. The highest BCUT2D eigenvalue weighted by molar-refractivity contribution is 7.91. The maximum absolute atomic E-state index is 12.3. The quantitative estimate of drug-likeness (QED) is 0.695. The third-order valence-corrected chi connectivity index (χ3v) is 6.90. The number of aryl methyl sites for hydroxylation is 2. The molecule has 0 fully saturated rings. The molecular weight excluding hydrogens is 378 g/mol. The fraction of sp³-hybridized carbons (Fsp3) is 0.188. The SMILES string of the molecule is Cc1ccc(S(=O)(=O)CCc2nnc(NC(=O)c3cccs3)s2)cc1. The highest BCUT2D eigenvalue weighted by Crippen LogP contribution is 2.20. The van der Waals surface area contributed by atoms with E-state index in [1.807, 2.05) is 12.3 Å². The molecule has 1 aromatic carbocycles. The molecule has 1 N–H and O–H groups in total. The van der Waals surface area contributed by atoms with E-state index in [4.69, 9.17) is 0 Å². The first-order valence-corrected chi connectivity index (χ1v) is 10.8. The molecule has 0 radical (unpaired) electrons. The van der Waals surface area contributed by atoms with Gasteiger partial charge in [0.1, 0.15) is 5.01 Å². The molecule has 0 aliphatic rings. The molecule has 2 heterocycles. The first-order valence-electron chi connectivity index (χ1n) is 7.41. The predicted molar refractivity (Wildman–Crippen MR) is 99.1 cm³/mol. The third-order valence-electron chi connectivity index (χ3n) is 3.40. The Morgan fingerprint density at radius 2 is 1.92 bits per heavy atom. The van der Waals surface area contributed by atoms with Gasteiger partial charge in [-0.25, -0.2) is 8.42 Å². The molecule has 0 saturated heterocycles. The van der Waals surface area contributed by atoms with Gasteiger partial charge in [-0.3, -0.25) is 10.1 Å². The average molecular weight is 394 g/mol. The Labute approximate surface area is 153 Å². The highest BCUT2D eigenvalue weighted by atomic mass is 32.2. The van der Waals surface area contributed by atoms with Gasteiger partial charge in [0, 0.05) is 6.42 Å². The van der Waals surface area contributed by atoms with Crippen LogP contribution >= 0.6 is 22.7 Å². The Bertz CT molecular complexity index is 962. The zero-order chi connectivity index (χ0) is 17.9. The molecule has 9 heteroatoms. The van der Waals surface area contributed by atoms with E-state index < -0.39 is 9.84 Å². The standard InChI is InChI=1S/C16H15N3O3S3/c1-11-4-6-12(7-5-11)25(21,22)10-8-14-18-19-16(24-14)17-15(20)13-3-2-9-23-13/h2-7,9H,8,10H2,1H3,(H,17,19,20). The summed E-state index contributed by atoms with van der Waals surface area (Å²) in [6.07, 6.45) is 0.253. The van der Waals surface area contributed by atoms with Crippen molar-refractivity contribution in [3.8, 4) is 0 Å². The van der Waals surface area contributed by atoms with Crippen LogP contribution < -0.4 is 5.32 Å². The molecule has 6 nitrogen and oxygen atoms in total. The van der Waals surface area contributed by atoms with Crippen LogP contribution in [0.25, 0.3) is 0 Å². The first kappa shape index (κ1) is 17.7. The van der Waals surface area contributed by atoms with Crippen molar-refractivity contribution in [2.45, 2.75) is 18.2 Å². The van der Waals surface area contributed by atoms with E-state index in [0.29, 0.717) is 19.9 Å². The summed E-state index contributed by atoms with van der Waals surface area (Å²) >= 11 is 2.52. The van der Waals surface area contributed by atoms with Gasteiger partial charge >= 0.3 is 0 Å². The van der Waals surface area contributed by atoms with Crippen LogP contribution in [-0.4, -0.2) is 30.3 Å². The summed E-state index contributed by atoms with van der Waals surface area (Å²) in [5, 5.41) is 13.3. The zero-order valence-corrected chi connectivity index (χ0v) is 15.7. The summed E-state index contributed by atoms with van der Waals surface area (Å²) in [5.41, 5.74) is 1.01. The summed E-state index contributed by atoms with van der Waals surface area (Å²) in [5.74, 6) is -0.297. The summed E-state index contributed by atoms with van der Waals surface area (Å²) in [6, 6.07) is 10.3. The van der Waals surface area contributed by atoms with Crippen LogP contribution in [0, 0.1) is 6.92 Å². The van der Waals surface area contributed by atoms with Gasteiger partial charge in [0.15, 0.2) is 9.84 Å². The van der Waals surface area contributed by atoms with E-state index in [2.05, 4.69) is 15.5 Å². The molecule has 0 saturated carbocycles. The van der Waals surface area contributed by atoms with Crippen molar-refractivity contribution >= 4 is 43.5 Å². The van der Waals surface area contributed by atoms with E-state index in [-0.39, 0.29) is 18.1 Å². The summed E-state index contributed by atoms with van der Waals surface area (Å²) < 4.78 is 24.7. The van der Waals surface area contributed by atoms with Crippen molar-refractivity contribution in [2.75, 3.05) is 11.1 Å². The maximum Gasteiger partial charge on any atom is 0.267 e. The number of carbonyl (C=O) groups is 1. The number of rotatable bonds is 6. The van der Waals surface area contributed by atoms with Crippen molar-refractivity contribution in [1.29, 1.82) is 0 Å². The van der Waals surface area contributed by atoms with Gasteiger partial charge in [-0.2, -0.15) is 0 Å². The van der Waals surface area contributed by atoms with Gasteiger partial charge in [-0.15, -0.1) is 21.5 Å². The second-order valence-electron chi connectivity index (χ2n) is 5.31. The average Bonchev–Trinajstić information content (AvgIpc) is 3.25. The minimum absolute atomic E-state index is 0.0520. The Morgan fingerprint density at radius 1 is 1.16 bits per heavy atom. The van der Waals surface area contributed by atoms with Crippen LogP contribution in [0.3, 0.4) is 0 Å². The number of amides is 1. The van der Waals surface area contributed by atoms with Crippen LogP contribution in [0.15, 0.2) is 46.7 Å². The van der Waals surface area contributed by atoms with E-state index in [1.54, 1.807) is 36.4 Å². The van der Waals surface area contributed by atoms with Gasteiger partial charge in [0.2, 0.25) is 5.13 Å². The van der Waals surface area contributed by atoms with Gasteiger partial charge in [-0.1, -0.05) is 35.1 Å². The van der Waals surface area contributed by atoms with Crippen LogP contribution in [-0.2, 0) is 16.3 Å². The lowest BCUT2D eigenvalue weighted by Gasteiger charge is -2.03. The van der Waals surface area contributed by atoms with Crippen molar-refractivity contribution < 1.29 is 13.2 Å². The van der Waals surface area contributed by atoms with Crippen LogP contribution in [0.2, 0.25) is 0 Å². The molecular formula is C16H15N3O3S3. The first-order chi connectivity index (χ1) is 11.9. The number of nitrogens with one attached hydrogen (secondary N) is 1. The number of thiophene rings is 1. The van der Waals surface area contributed by atoms with Crippen LogP contribution in [0.5, 0.6) is 0 Å². The molecule has 25 heavy (non-hydrogen) atoms. The van der Waals surface area contributed by atoms with Gasteiger partial charge in [-0.05, 0) is 30.5 Å². The molecule has 1 amide bonds. The Kier molecular flexibility index (Phi) is 5.26. The summed E-state index contributed by atoms with van der Waals surface area (Å²) in [6.45, 7) is 1.91. The maximum atomic E-state index is 12.3.